The summed E-state index contributed by atoms with van der Waals surface area (Å²) in [6, 6.07) is 7.49. The van der Waals surface area contributed by atoms with Crippen LogP contribution in [0.15, 0.2) is 77.3 Å². The molecule has 0 saturated carbocycles. The van der Waals surface area contributed by atoms with E-state index in [0.717, 1.165) is 53.3 Å². The molecule has 0 bridgehead atoms. The Hall–Kier alpha value is -2.65. The molecule has 0 radical (unpaired) electrons. The number of nitrogens with zero attached hydrogens (tertiary/aromatic N) is 2. The summed E-state index contributed by atoms with van der Waals surface area (Å²) in [5.74, 6) is 0. The quantitative estimate of drug-likeness (QED) is 0.595. The van der Waals surface area contributed by atoms with E-state index in [-0.39, 0.29) is 5.56 Å². The van der Waals surface area contributed by atoms with Crippen LogP contribution in [0.25, 0.3) is 10.8 Å². The minimum Gasteiger partial charge on any atom is -0.371 e. The minimum absolute atomic E-state index is 0.182. The van der Waals surface area contributed by atoms with Crippen LogP contribution in [0, 0.1) is 0 Å². The van der Waals surface area contributed by atoms with Crippen LogP contribution in [0.5, 0.6) is 0 Å². The van der Waals surface area contributed by atoms with Crippen LogP contribution in [0.4, 0.5) is 0 Å². The summed E-state index contributed by atoms with van der Waals surface area (Å²) in [4.78, 5) is 14.2. The lowest BCUT2D eigenvalue weighted by atomic mass is 10.0. The van der Waals surface area contributed by atoms with Crippen LogP contribution in [0.3, 0.4) is 0 Å². The first-order valence-corrected chi connectivity index (χ1v) is 11.2. The average Bonchev–Trinajstić information content (AvgIpc) is 2.70. The summed E-state index contributed by atoms with van der Waals surface area (Å²) < 4.78 is 11.7. The number of rotatable bonds is 6. The second kappa shape index (κ2) is 9.03. The van der Waals surface area contributed by atoms with Crippen LogP contribution in [0.1, 0.15) is 12.6 Å². The summed E-state index contributed by atoms with van der Waals surface area (Å²) in [5.41, 5.74) is 3.68. The maximum atomic E-state index is 12.0. The van der Waals surface area contributed by atoms with Gasteiger partial charge in [0.15, 0.2) is 0 Å². The smallest absolute Gasteiger partial charge is 0.272 e. The number of hydrogen-bond donors (Lipinski definition) is 1. The van der Waals surface area contributed by atoms with E-state index >= 15 is 0 Å². The van der Waals surface area contributed by atoms with Crippen molar-refractivity contribution in [2.24, 2.45) is 0 Å². The molecular formula is C22H26N3O2P. The number of H-pyrrole nitrogens is 1. The molecule has 0 amide bonds. The number of fused-ring (bicyclic) bond motifs is 1. The van der Waals surface area contributed by atoms with Crippen molar-refractivity contribution < 1.29 is 4.57 Å². The maximum absolute atomic E-state index is 12.0. The van der Waals surface area contributed by atoms with E-state index in [1.807, 2.05) is 31.2 Å². The predicted octanol–water partition coefficient (Wildman–Crippen LogP) is 3.91. The second-order valence-corrected chi connectivity index (χ2v) is 9.08. The minimum atomic E-state index is -1.39. The van der Waals surface area contributed by atoms with Crippen molar-refractivity contribution in [3.63, 3.8) is 0 Å². The number of hydrogen-bond acceptors (Lipinski definition) is 4. The van der Waals surface area contributed by atoms with E-state index in [1.165, 1.54) is 0 Å². The highest BCUT2D eigenvalue weighted by molar-refractivity contribution is 7.44. The third-order valence-corrected chi connectivity index (χ3v) is 6.60. The van der Waals surface area contributed by atoms with Crippen LogP contribution in [-0.4, -0.2) is 40.5 Å². The van der Waals surface area contributed by atoms with Crippen molar-refractivity contribution in [3.05, 3.63) is 88.5 Å². The van der Waals surface area contributed by atoms with Gasteiger partial charge in [0.25, 0.3) is 5.56 Å². The molecule has 0 unspecified atom stereocenters. The molecule has 28 heavy (non-hydrogen) atoms. The maximum Gasteiger partial charge on any atom is 0.272 e. The van der Waals surface area contributed by atoms with E-state index in [0.29, 0.717) is 11.8 Å². The molecule has 2 aromatic rings. The fraction of sp³-hybridized carbons (Fsp3) is 0.273. The van der Waals surface area contributed by atoms with Crippen molar-refractivity contribution in [2.75, 3.05) is 25.4 Å². The number of nitrogens with one attached hydrogen (secondary N) is 1. The molecule has 1 saturated heterocycles. The highest BCUT2D eigenvalue weighted by Gasteiger charge is 2.17. The van der Waals surface area contributed by atoms with Gasteiger partial charge < -0.3 is 9.46 Å². The number of allylic oxidation sites excluding steroid dienone is 5. The van der Waals surface area contributed by atoms with Crippen LogP contribution in [-0.2, 0) is 11.0 Å². The van der Waals surface area contributed by atoms with Gasteiger partial charge in [0.1, 0.15) is 0 Å². The molecule has 1 aromatic heterocycles. The Bertz CT molecular complexity index is 1040. The molecule has 2 heterocycles. The highest BCUT2D eigenvalue weighted by atomic mass is 31.1. The number of aromatic amines is 1. The fourth-order valence-corrected chi connectivity index (χ4v) is 4.73. The van der Waals surface area contributed by atoms with Crippen LogP contribution >= 0.6 is 7.80 Å². The first-order valence-electron chi connectivity index (χ1n) is 9.41. The molecule has 146 valence electrons. The zero-order chi connectivity index (χ0) is 20.1. The average molecular weight is 395 g/mol. The second-order valence-electron chi connectivity index (χ2n) is 7.00. The summed E-state index contributed by atoms with van der Waals surface area (Å²) in [5, 5.41) is 8.36. The van der Waals surface area contributed by atoms with Gasteiger partial charge in [-0.05, 0) is 24.1 Å². The van der Waals surface area contributed by atoms with Crippen molar-refractivity contribution in [2.45, 2.75) is 13.3 Å². The van der Waals surface area contributed by atoms with Gasteiger partial charge in [-0.2, -0.15) is 5.10 Å². The third kappa shape index (κ3) is 4.60. The normalized spacial score (nSPS) is 16.4. The van der Waals surface area contributed by atoms with Gasteiger partial charge in [-0.3, -0.25) is 4.79 Å². The Balaban J connectivity index is 1.86. The lowest BCUT2D eigenvalue weighted by molar-refractivity contribution is 0.380. The molecule has 5 nitrogen and oxygen atoms in total. The monoisotopic (exact) mass is 395 g/mol. The van der Waals surface area contributed by atoms with Gasteiger partial charge in [0.05, 0.1) is 18.9 Å². The van der Waals surface area contributed by atoms with E-state index in [9.17, 15) is 9.36 Å². The molecule has 0 aliphatic carbocycles. The summed E-state index contributed by atoms with van der Waals surface area (Å²) >= 11 is 0. The van der Waals surface area contributed by atoms with Crippen molar-refractivity contribution in [3.8, 4) is 0 Å². The van der Waals surface area contributed by atoms with Gasteiger partial charge in [0, 0.05) is 42.9 Å². The van der Waals surface area contributed by atoms with Crippen molar-refractivity contribution in [1.29, 1.82) is 0 Å². The third-order valence-electron chi connectivity index (χ3n) is 5.04. The zero-order valence-corrected chi connectivity index (χ0v) is 17.2. The molecule has 0 atom stereocenters. The van der Waals surface area contributed by atoms with Gasteiger partial charge in [-0.1, -0.05) is 49.6 Å². The number of aromatic nitrogens is 2. The summed E-state index contributed by atoms with van der Waals surface area (Å²) in [6.07, 6.45) is 7.89. The van der Waals surface area contributed by atoms with Gasteiger partial charge in [-0.25, -0.2) is 5.10 Å². The van der Waals surface area contributed by atoms with Gasteiger partial charge in [-0.15, -0.1) is 0 Å². The molecule has 1 aliphatic rings. The first kappa shape index (κ1) is 20.1. The van der Waals surface area contributed by atoms with E-state index < -0.39 is 7.80 Å². The molecule has 3 rings (SSSR count). The van der Waals surface area contributed by atoms with E-state index in [4.69, 9.17) is 0 Å². The van der Waals surface area contributed by atoms with Gasteiger partial charge in [0.2, 0.25) is 0 Å². The Labute approximate surface area is 165 Å². The van der Waals surface area contributed by atoms with Crippen molar-refractivity contribution in [1.82, 2.24) is 15.1 Å². The molecular weight excluding hydrogens is 369 g/mol. The molecule has 1 fully saturated rings. The molecule has 1 aliphatic heterocycles. The molecule has 0 spiro atoms. The van der Waals surface area contributed by atoms with Crippen LogP contribution in [0.2, 0.25) is 0 Å². The summed E-state index contributed by atoms with van der Waals surface area (Å²) in [7, 11) is -1.39. The largest absolute Gasteiger partial charge is 0.371 e. The molecule has 1 N–H and O–H groups in total. The number of benzene rings is 1. The zero-order valence-electron chi connectivity index (χ0n) is 16.2. The lowest BCUT2D eigenvalue weighted by Gasteiger charge is -2.30. The SMILES string of the molecule is C=C/C=C(\C=C(/C)C(=C)N1CC[PH](=O)CC1)Cc1n[nH]c(=O)c2ccccc12. The molecule has 1 aromatic carbocycles. The summed E-state index contributed by atoms with van der Waals surface area (Å²) in [6.45, 7) is 11.7. The lowest BCUT2D eigenvalue weighted by Crippen LogP contribution is -2.31. The predicted molar refractivity (Wildman–Crippen MR) is 118 cm³/mol. The Morgan fingerprint density at radius 2 is 1.96 bits per heavy atom. The topological polar surface area (TPSA) is 66.1 Å². The van der Waals surface area contributed by atoms with Gasteiger partial charge >= 0.3 is 0 Å². The fourth-order valence-electron chi connectivity index (χ4n) is 3.45. The van der Waals surface area contributed by atoms with E-state index in [1.54, 1.807) is 12.1 Å². The highest BCUT2D eigenvalue weighted by Crippen LogP contribution is 2.28. The Kier molecular flexibility index (Phi) is 6.48. The Morgan fingerprint density at radius 1 is 1.29 bits per heavy atom. The van der Waals surface area contributed by atoms with E-state index in [2.05, 4.69) is 34.3 Å². The molecule has 6 heteroatoms. The Morgan fingerprint density at radius 3 is 2.64 bits per heavy atom. The van der Waals surface area contributed by atoms with Crippen LogP contribution < -0.4 is 5.56 Å². The first-order chi connectivity index (χ1) is 13.5. The standard InChI is InChI=1S/C22H26N3O2P/c1-4-7-18(14-16(2)17(3)25-10-12-28(27)13-11-25)15-21-19-8-5-6-9-20(19)22(26)24-23-21/h4-9,14,28H,1,3,10-13,15H2,2H3,(H,24,26)/b16-14+,18-7+. The van der Waals surface area contributed by atoms with Crippen molar-refractivity contribution >= 4 is 18.6 Å².